The van der Waals surface area contributed by atoms with Crippen molar-refractivity contribution in [2.75, 3.05) is 7.05 Å². The van der Waals surface area contributed by atoms with E-state index >= 15 is 0 Å². The Balaban J connectivity index is 0.00000264. The second-order valence-corrected chi connectivity index (χ2v) is 6.99. The van der Waals surface area contributed by atoms with Crippen molar-refractivity contribution in [3.05, 3.63) is 49.9 Å². The molecule has 0 bridgehead atoms. The minimum absolute atomic E-state index is 0. The highest BCUT2D eigenvalue weighted by Gasteiger charge is 2.12. The minimum Gasteiger partial charge on any atom is -0.350 e. The molecule has 0 aliphatic heterocycles. The van der Waals surface area contributed by atoms with Gasteiger partial charge in [-0.15, -0.1) is 35.3 Å². The van der Waals surface area contributed by atoms with Crippen LogP contribution in [0.25, 0.3) is 0 Å². The highest BCUT2D eigenvalue weighted by molar-refractivity contribution is 14.0. The molecule has 8 heteroatoms. The lowest BCUT2D eigenvalue weighted by Gasteiger charge is -2.19. The van der Waals surface area contributed by atoms with Crippen molar-refractivity contribution in [1.82, 2.24) is 15.6 Å². The second-order valence-electron chi connectivity index (χ2n) is 4.82. The Morgan fingerprint density at radius 3 is 2.70 bits per heavy atom. The van der Waals surface area contributed by atoms with Crippen molar-refractivity contribution in [2.24, 2.45) is 4.99 Å². The summed E-state index contributed by atoms with van der Waals surface area (Å²) in [5, 5.41) is 8.85. The number of rotatable bonds is 4. The van der Waals surface area contributed by atoms with E-state index in [2.05, 4.69) is 20.6 Å². The third-order valence-corrected chi connectivity index (χ3v) is 4.56. The number of guanidine groups is 1. The summed E-state index contributed by atoms with van der Waals surface area (Å²) in [6.07, 6.45) is 1.87. The number of thiazole rings is 1. The first kappa shape index (κ1) is 20.5. The Morgan fingerprint density at radius 1 is 1.39 bits per heavy atom. The van der Waals surface area contributed by atoms with Gasteiger partial charge in [-0.2, -0.15) is 0 Å². The van der Waals surface area contributed by atoms with Crippen LogP contribution in [-0.2, 0) is 6.54 Å². The second kappa shape index (κ2) is 9.66. The van der Waals surface area contributed by atoms with E-state index in [-0.39, 0.29) is 30.0 Å². The molecule has 1 aromatic carbocycles. The van der Waals surface area contributed by atoms with Crippen molar-refractivity contribution in [2.45, 2.75) is 26.4 Å². The third-order valence-electron chi connectivity index (χ3n) is 3.08. The van der Waals surface area contributed by atoms with Gasteiger partial charge in [0, 0.05) is 28.2 Å². The number of hydrogen-bond donors (Lipinski definition) is 2. The first-order valence-electron chi connectivity index (χ1n) is 6.83. The smallest absolute Gasteiger partial charge is 0.191 e. The van der Waals surface area contributed by atoms with Gasteiger partial charge in [0.25, 0.3) is 0 Å². The number of aryl methyl sites for hydroxylation is 1. The van der Waals surface area contributed by atoms with Crippen LogP contribution < -0.4 is 10.6 Å². The summed E-state index contributed by atoms with van der Waals surface area (Å²) >= 11 is 13.8. The minimum atomic E-state index is 0. The van der Waals surface area contributed by atoms with Gasteiger partial charge in [-0.25, -0.2) is 4.98 Å². The fraction of sp³-hybridized carbons (Fsp3) is 0.333. The molecule has 23 heavy (non-hydrogen) atoms. The van der Waals surface area contributed by atoms with E-state index < -0.39 is 0 Å². The van der Waals surface area contributed by atoms with Crippen LogP contribution in [0.3, 0.4) is 0 Å². The predicted octanol–water partition coefficient (Wildman–Crippen LogP) is 4.80. The molecule has 4 nitrogen and oxygen atoms in total. The average Bonchev–Trinajstić information content (AvgIpc) is 2.88. The Morgan fingerprint density at radius 2 is 2.13 bits per heavy atom. The van der Waals surface area contributed by atoms with Crippen LogP contribution in [0.15, 0.2) is 29.4 Å². The molecule has 1 heterocycles. The molecule has 2 N–H and O–H groups in total. The lowest BCUT2D eigenvalue weighted by atomic mass is 10.1. The van der Waals surface area contributed by atoms with E-state index in [1.165, 1.54) is 4.88 Å². The Bertz CT molecular complexity index is 675. The van der Waals surface area contributed by atoms with Crippen LogP contribution in [0.5, 0.6) is 0 Å². The molecule has 1 unspecified atom stereocenters. The molecule has 0 radical (unpaired) electrons. The maximum absolute atomic E-state index is 6.23. The van der Waals surface area contributed by atoms with Gasteiger partial charge in [-0.3, -0.25) is 4.99 Å². The zero-order valence-electron chi connectivity index (χ0n) is 13.1. The van der Waals surface area contributed by atoms with E-state index in [4.69, 9.17) is 23.2 Å². The van der Waals surface area contributed by atoms with E-state index in [1.54, 1.807) is 24.5 Å². The number of benzene rings is 1. The number of nitrogens with one attached hydrogen (secondary N) is 2. The van der Waals surface area contributed by atoms with Gasteiger partial charge in [0.15, 0.2) is 5.96 Å². The summed E-state index contributed by atoms with van der Waals surface area (Å²) in [6, 6.07) is 5.49. The van der Waals surface area contributed by atoms with Gasteiger partial charge in [-0.05, 0) is 31.5 Å². The largest absolute Gasteiger partial charge is 0.350 e. The summed E-state index contributed by atoms with van der Waals surface area (Å²) in [7, 11) is 1.73. The van der Waals surface area contributed by atoms with Crippen LogP contribution in [0.4, 0.5) is 0 Å². The molecule has 126 valence electrons. The molecule has 2 aromatic rings. The van der Waals surface area contributed by atoms with Crippen LogP contribution in [-0.4, -0.2) is 18.0 Å². The molecule has 1 aromatic heterocycles. The Kier molecular flexibility index (Phi) is 8.60. The van der Waals surface area contributed by atoms with Crippen molar-refractivity contribution in [3.63, 3.8) is 0 Å². The van der Waals surface area contributed by atoms with Crippen LogP contribution in [0, 0.1) is 6.92 Å². The molecule has 1 atom stereocenters. The molecular formula is C15H19Cl2IN4S. The summed E-state index contributed by atoms with van der Waals surface area (Å²) in [4.78, 5) is 9.74. The maximum atomic E-state index is 6.23. The first-order valence-corrected chi connectivity index (χ1v) is 8.40. The van der Waals surface area contributed by atoms with Gasteiger partial charge in [-0.1, -0.05) is 29.3 Å². The number of hydrogen-bond acceptors (Lipinski definition) is 3. The number of aliphatic imine (C=N–C) groups is 1. The highest BCUT2D eigenvalue weighted by Crippen LogP contribution is 2.26. The molecule has 0 aliphatic carbocycles. The summed E-state index contributed by atoms with van der Waals surface area (Å²) in [5.41, 5.74) is 0.971. The van der Waals surface area contributed by atoms with Gasteiger partial charge < -0.3 is 10.6 Å². The molecule has 0 amide bonds. The van der Waals surface area contributed by atoms with Crippen LogP contribution in [0.2, 0.25) is 10.0 Å². The van der Waals surface area contributed by atoms with Gasteiger partial charge >= 0.3 is 0 Å². The molecule has 2 rings (SSSR count). The summed E-state index contributed by atoms with van der Waals surface area (Å²) in [6.45, 7) is 4.70. The van der Waals surface area contributed by atoms with E-state index in [0.29, 0.717) is 22.5 Å². The SMILES string of the molecule is CN=C(NCc1ncc(C)s1)NC(C)c1ccc(Cl)cc1Cl.I. The summed E-state index contributed by atoms with van der Waals surface area (Å²) in [5.74, 6) is 0.700. The van der Waals surface area contributed by atoms with Crippen molar-refractivity contribution in [1.29, 1.82) is 0 Å². The maximum Gasteiger partial charge on any atom is 0.191 e. The zero-order chi connectivity index (χ0) is 16.1. The van der Waals surface area contributed by atoms with Crippen LogP contribution in [0.1, 0.15) is 28.4 Å². The predicted molar refractivity (Wildman–Crippen MR) is 110 cm³/mol. The normalized spacial score (nSPS) is 12.5. The fourth-order valence-electron chi connectivity index (χ4n) is 1.97. The number of nitrogens with zero attached hydrogens (tertiary/aromatic N) is 2. The third kappa shape index (κ3) is 6.10. The van der Waals surface area contributed by atoms with Crippen molar-refractivity contribution in [3.8, 4) is 0 Å². The molecule has 0 saturated carbocycles. The molecule has 0 fully saturated rings. The fourth-order valence-corrected chi connectivity index (χ4v) is 3.27. The van der Waals surface area contributed by atoms with Crippen LogP contribution >= 0.6 is 58.5 Å². The highest BCUT2D eigenvalue weighted by atomic mass is 127. The number of halogens is 3. The number of aromatic nitrogens is 1. The van der Waals surface area contributed by atoms with E-state index in [9.17, 15) is 0 Å². The van der Waals surface area contributed by atoms with Crippen molar-refractivity contribution < 1.29 is 0 Å². The topological polar surface area (TPSA) is 49.3 Å². The summed E-state index contributed by atoms with van der Waals surface area (Å²) < 4.78 is 0. The van der Waals surface area contributed by atoms with Crippen molar-refractivity contribution >= 4 is 64.5 Å². The molecule has 0 spiro atoms. The van der Waals surface area contributed by atoms with Gasteiger partial charge in [0.1, 0.15) is 5.01 Å². The lowest BCUT2D eigenvalue weighted by Crippen LogP contribution is -2.38. The zero-order valence-corrected chi connectivity index (χ0v) is 17.7. The standard InChI is InChI=1S/C15H18Cl2N4S.HI/c1-9-7-19-14(22-9)8-20-15(18-3)21-10(2)12-5-4-11(16)6-13(12)17;/h4-7,10H,8H2,1-3H3,(H2,18,20,21);1H. The quantitative estimate of drug-likeness (QED) is 0.372. The Hall–Kier alpha value is -0.570. The monoisotopic (exact) mass is 484 g/mol. The van der Waals surface area contributed by atoms with Gasteiger partial charge in [0.2, 0.25) is 0 Å². The average molecular weight is 485 g/mol. The molecule has 0 aliphatic rings. The van der Waals surface area contributed by atoms with Gasteiger partial charge in [0.05, 0.1) is 12.6 Å². The Labute approximate surface area is 167 Å². The lowest BCUT2D eigenvalue weighted by molar-refractivity contribution is 0.685. The van der Waals surface area contributed by atoms with E-state index in [0.717, 1.165) is 10.6 Å². The molecular weight excluding hydrogens is 466 g/mol. The first-order chi connectivity index (χ1) is 10.5. The van der Waals surface area contributed by atoms with E-state index in [1.807, 2.05) is 32.2 Å². The molecule has 0 saturated heterocycles.